The Hall–Kier alpha value is -1.71. The fraction of sp³-hybridized carbons (Fsp3) is 0.263. The van der Waals surface area contributed by atoms with Gasteiger partial charge in [-0.05, 0) is 60.9 Å². The molecule has 1 atom stereocenters. The van der Waals surface area contributed by atoms with E-state index in [1.54, 1.807) is 17.5 Å². The van der Waals surface area contributed by atoms with Gasteiger partial charge in [0.05, 0.1) is 0 Å². The van der Waals surface area contributed by atoms with Crippen LogP contribution in [0.25, 0.3) is 10.9 Å². The molecular formula is C19H20N2S. The van der Waals surface area contributed by atoms with Gasteiger partial charge in [0.2, 0.25) is 0 Å². The monoisotopic (exact) mass is 308 g/mol. The summed E-state index contributed by atoms with van der Waals surface area (Å²) in [7, 11) is 0. The van der Waals surface area contributed by atoms with Gasteiger partial charge >= 0.3 is 0 Å². The summed E-state index contributed by atoms with van der Waals surface area (Å²) in [6.45, 7) is 1.02. The number of para-hydroxylation sites is 1. The van der Waals surface area contributed by atoms with Crippen molar-refractivity contribution >= 4 is 22.9 Å². The predicted octanol–water partition coefficient (Wildman–Crippen LogP) is 4.88. The van der Waals surface area contributed by atoms with Gasteiger partial charge in [-0.2, -0.15) is 0 Å². The number of H-pyrrole nitrogens is 1. The van der Waals surface area contributed by atoms with Crippen molar-refractivity contribution in [1.29, 1.82) is 0 Å². The quantitative estimate of drug-likeness (QED) is 0.672. The number of fused-ring (bicyclic) bond motifs is 3. The van der Waals surface area contributed by atoms with E-state index in [0.717, 1.165) is 6.54 Å². The van der Waals surface area contributed by atoms with Crippen molar-refractivity contribution in [3.05, 3.63) is 65.9 Å². The molecule has 3 aromatic rings. The molecule has 3 heteroatoms. The summed E-state index contributed by atoms with van der Waals surface area (Å²) < 4.78 is 3.57. The molecule has 112 valence electrons. The van der Waals surface area contributed by atoms with Crippen LogP contribution >= 0.6 is 11.9 Å². The van der Waals surface area contributed by atoms with Gasteiger partial charge in [0.25, 0.3) is 0 Å². The van der Waals surface area contributed by atoms with E-state index < -0.39 is 0 Å². The Morgan fingerprint density at radius 1 is 1.05 bits per heavy atom. The van der Waals surface area contributed by atoms with Crippen LogP contribution in [-0.4, -0.2) is 11.5 Å². The molecule has 0 saturated carbocycles. The van der Waals surface area contributed by atoms with E-state index in [9.17, 15) is 0 Å². The van der Waals surface area contributed by atoms with E-state index in [2.05, 4.69) is 64.3 Å². The molecule has 1 unspecified atom stereocenters. The molecular weight excluding hydrogens is 288 g/mol. The molecule has 0 bridgehead atoms. The summed E-state index contributed by atoms with van der Waals surface area (Å²) in [5, 5.41) is 1.41. The Morgan fingerprint density at radius 2 is 1.86 bits per heavy atom. The molecule has 0 amide bonds. The average Bonchev–Trinajstić information content (AvgIpc) is 2.95. The molecule has 1 aliphatic rings. The first-order valence-corrected chi connectivity index (χ1v) is 8.78. The zero-order valence-corrected chi connectivity index (χ0v) is 13.3. The molecule has 0 spiro atoms. The summed E-state index contributed by atoms with van der Waals surface area (Å²) in [6.07, 6.45) is 3.74. The highest BCUT2D eigenvalue weighted by atomic mass is 32.2. The van der Waals surface area contributed by atoms with Crippen LogP contribution in [0.2, 0.25) is 0 Å². The molecule has 0 aliphatic heterocycles. The second kappa shape index (κ2) is 6.19. The Balaban J connectivity index is 1.52. The summed E-state index contributed by atoms with van der Waals surface area (Å²) in [6, 6.07) is 19.2. The second-order valence-corrected chi connectivity index (χ2v) is 6.88. The van der Waals surface area contributed by atoms with Crippen molar-refractivity contribution < 1.29 is 0 Å². The first-order chi connectivity index (χ1) is 10.9. The van der Waals surface area contributed by atoms with Crippen LogP contribution in [0.4, 0.5) is 0 Å². The molecule has 2 N–H and O–H groups in total. The summed E-state index contributed by atoms with van der Waals surface area (Å²) in [4.78, 5) is 4.89. The number of aromatic nitrogens is 1. The van der Waals surface area contributed by atoms with Gasteiger partial charge in [0.15, 0.2) is 0 Å². The summed E-state index contributed by atoms with van der Waals surface area (Å²) >= 11 is 1.74. The number of benzene rings is 2. The lowest BCUT2D eigenvalue weighted by atomic mass is 9.85. The molecule has 0 saturated heterocycles. The molecule has 2 aromatic carbocycles. The Labute approximate surface area is 135 Å². The van der Waals surface area contributed by atoms with Gasteiger partial charge in [0.1, 0.15) is 0 Å². The van der Waals surface area contributed by atoms with Gasteiger partial charge < -0.3 is 4.98 Å². The molecule has 22 heavy (non-hydrogen) atoms. The van der Waals surface area contributed by atoms with Crippen molar-refractivity contribution in [2.24, 2.45) is 0 Å². The second-order valence-electron chi connectivity index (χ2n) is 5.92. The molecule has 4 rings (SSSR count). The van der Waals surface area contributed by atoms with Gasteiger partial charge in [-0.25, -0.2) is 0 Å². The topological polar surface area (TPSA) is 27.8 Å². The smallest absolute Gasteiger partial charge is 0.0459 e. The molecule has 1 aromatic heterocycles. The van der Waals surface area contributed by atoms with E-state index >= 15 is 0 Å². The van der Waals surface area contributed by atoms with Crippen LogP contribution in [0.15, 0.2) is 59.5 Å². The highest BCUT2D eigenvalue weighted by molar-refractivity contribution is 7.97. The number of aromatic amines is 1. The van der Waals surface area contributed by atoms with E-state index in [1.807, 2.05) is 0 Å². The number of aryl methyl sites for hydroxylation is 1. The number of hydrogen-bond donors (Lipinski definition) is 2. The van der Waals surface area contributed by atoms with Crippen LogP contribution in [0.1, 0.15) is 30.0 Å². The van der Waals surface area contributed by atoms with Gasteiger partial charge in [-0.1, -0.05) is 36.4 Å². The Bertz CT molecular complexity index is 763. The van der Waals surface area contributed by atoms with Crippen LogP contribution < -0.4 is 4.72 Å². The van der Waals surface area contributed by atoms with E-state index in [-0.39, 0.29) is 0 Å². The third kappa shape index (κ3) is 2.67. The number of nitrogens with one attached hydrogen (secondary N) is 2. The van der Waals surface area contributed by atoms with Crippen molar-refractivity contribution in [2.45, 2.75) is 30.1 Å². The standard InChI is InChI=1S/C19H20N2S/c1-2-8-15(9-3-1)22-20-13-14-7-6-12-18-19(14)16-10-4-5-11-17(16)21-18/h1-5,8-11,14,20-21H,6-7,12-13H2. The Morgan fingerprint density at radius 3 is 2.77 bits per heavy atom. The third-order valence-electron chi connectivity index (χ3n) is 4.48. The molecule has 1 aliphatic carbocycles. The number of hydrogen-bond acceptors (Lipinski definition) is 2. The van der Waals surface area contributed by atoms with E-state index in [4.69, 9.17) is 0 Å². The number of rotatable bonds is 4. The maximum atomic E-state index is 3.62. The van der Waals surface area contributed by atoms with E-state index in [0.29, 0.717) is 5.92 Å². The van der Waals surface area contributed by atoms with Gasteiger partial charge in [0, 0.05) is 28.0 Å². The highest BCUT2D eigenvalue weighted by Gasteiger charge is 2.24. The van der Waals surface area contributed by atoms with Gasteiger partial charge in [-0.3, -0.25) is 4.72 Å². The SMILES string of the molecule is c1ccc(SNCC2CCCc3[nH]c4ccccc4c32)cc1. The maximum Gasteiger partial charge on any atom is 0.0459 e. The van der Waals surface area contributed by atoms with Crippen molar-refractivity contribution in [1.82, 2.24) is 9.71 Å². The lowest BCUT2D eigenvalue weighted by molar-refractivity contribution is 0.550. The van der Waals surface area contributed by atoms with Crippen molar-refractivity contribution in [2.75, 3.05) is 6.54 Å². The first kappa shape index (κ1) is 13.9. The minimum Gasteiger partial charge on any atom is -0.358 e. The first-order valence-electron chi connectivity index (χ1n) is 7.96. The maximum absolute atomic E-state index is 3.62. The fourth-order valence-corrected chi connectivity index (χ4v) is 4.22. The van der Waals surface area contributed by atoms with Crippen LogP contribution in [0.5, 0.6) is 0 Å². The lowest BCUT2D eigenvalue weighted by Gasteiger charge is -2.23. The van der Waals surface area contributed by atoms with Crippen LogP contribution in [0.3, 0.4) is 0 Å². The van der Waals surface area contributed by atoms with Crippen molar-refractivity contribution in [3.8, 4) is 0 Å². The molecule has 1 heterocycles. The average molecular weight is 308 g/mol. The fourth-order valence-electron chi connectivity index (χ4n) is 3.47. The normalized spacial score (nSPS) is 17.5. The zero-order chi connectivity index (χ0) is 14.8. The van der Waals surface area contributed by atoms with Crippen LogP contribution in [0, 0.1) is 0 Å². The minimum absolute atomic E-state index is 0.608. The largest absolute Gasteiger partial charge is 0.358 e. The van der Waals surface area contributed by atoms with E-state index in [1.165, 1.54) is 40.8 Å². The Kier molecular flexibility index (Phi) is 3.92. The lowest BCUT2D eigenvalue weighted by Crippen LogP contribution is -2.19. The summed E-state index contributed by atoms with van der Waals surface area (Å²) in [5.74, 6) is 0.608. The van der Waals surface area contributed by atoms with Crippen LogP contribution in [-0.2, 0) is 6.42 Å². The molecule has 2 nitrogen and oxygen atoms in total. The van der Waals surface area contributed by atoms with Gasteiger partial charge in [-0.15, -0.1) is 0 Å². The molecule has 0 fully saturated rings. The molecule has 0 radical (unpaired) electrons. The van der Waals surface area contributed by atoms with Crippen molar-refractivity contribution in [3.63, 3.8) is 0 Å². The third-order valence-corrected chi connectivity index (χ3v) is 5.30. The minimum atomic E-state index is 0.608. The zero-order valence-electron chi connectivity index (χ0n) is 12.5. The highest BCUT2D eigenvalue weighted by Crippen LogP contribution is 2.37. The summed E-state index contributed by atoms with van der Waals surface area (Å²) in [5.41, 5.74) is 4.28. The predicted molar refractivity (Wildman–Crippen MR) is 94.3 cm³/mol.